The molecule has 0 spiro atoms. The highest BCUT2D eigenvalue weighted by atomic mass is 19.1. The fourth-order valence-corrected chi connectivity index (χ4v) is 2.85. The van der Waals surface area contributed by atoms with Crippen molar-refractivity contribution < 1.29 is 9.13 Å². The average Bonchev–Trinajstić information content (AvgIpc) is 2.31. The van der Waals surface area contributed by atoms with Gasteiger partial charge in [-0.15, -0.1) is 0 Å². The van der Waals surface area contributed by atoms with Crippen molar-refractivity contribution in [2.24, 2.45) is 0 Å². The maximum Gasteiger partial charge on any atom is 0.123 e. The summed E-state index contributed by atoms with van der Waals surface area (Å²) in [5.41, 5.74) is 2.15. The zero-order valence-corrected chi connectivity index (χ0v) is 11.4. The molecule has 1 fully saturated rings. The lowest BCUT2D eigenvalue weighted by atomic mass is 9.72. The molecule has 1 aromatic carbocycles. The van der Waals surface area contributed by atoms with Crippen molar-refractivity contribution in [1.29, 1.82) is 0 Å². The van der Waals surface area contributed by atoms with E-state index in [4.69, 9.17) is 4.74 Å². The molecule has 0 amide bonds. The second-order valence-corrected chi connectivity index (χ2v) is 5.24. The summed E-state index contributed by atoms with van der Waals surface area (Å²) in [5.74, 6) is -0.162. The van der Waals surface area contributed by atoms with Crippen molar-refractivity contribution in [1.82, 2.24) is 5.32 Å². The molecule has 0 aliphatic heterocycles. The maximum atomic E-state index is 13.3. The lowest BCUT2D eigenvalue weighted by molar-refractivity contribution is -0.0966. The summed E-state index contributed by atoms with van der Waals surface area (Å²) in [6.07, 6.45) is 4.20. The minimum atomic E-state index is -0.162. The predicted molar refractivity (Wildman–Crippen MR) is 71.3 cm³/mol. The van der Waals surface area contributed by atoms with Crippen LogP contribution in [-0.2, 0) is 11.2 Å². The first-order valence-electron chi connectivity index (χ1n) is 6.59. The van der Waals surface area contributed by atoms with Gasteiger partial charge in [-0.3, -0.25) is 0 Å². The number of halogens is 1. The summed E-state index contributed by atoms with van der Waals surface area (Å²) in [7, 11) is 3.74. The van der Waals surface area contributed by atoms with E-state index in [0.717, 1.165) is 30.4 Å². The molecule has 0 bridgehead atoms. The zero-order chi connectivity index (χ0) is 13.2. The van der Waals surface area contributed by atoms with Crippen LogP contribution in [0.25, 0.3) is 0 Å². The first-order valence-corrected chi connectivity index (χ1v) is 6.59. The van der Waals surface area contributed by atoms with Crippen molar-refractivity contribution in [2.75, 3.05) is 14.2 Å². The average molecular weight is 251 g/mol. The summed E-state index contributed by atoms with van der Waals surface area (Å²) in [6.45, 7) is 2.03. The summed E-state index contributed by atoms with van der Waals surface area (Å²) in [4.78, 5) is 0. The predicted octanol–water partition coefficient (Wildman–Crippen LogP) is 2.83. The van der Waals surface area contributed by atoms with Crippen LogP contribution in [0, 0.1) is 12.7 Å². The molecule has 0 aromatic heterocycles. The van der Waals surface area contributed by atoms with Gasteiger partial charge in [-0.25, -0.2) is 4.39 Å². The van der Waals surface area contributed by atoms with Gasteiger partial charge in [-0.05, 0) is 62.9 Å². The number of benzene rings is 1. The highest BCUT2D eigenvalue weighted by molar-refractivity contribution is 5.28. The van der Waals surface area contributed by atoms with Gasteiger partial charge >= 0.3 is 0 Å². The highest BCUT2D eigenvalue weighted by Gasteiger charge is 2.43. The van der Waals surface area contributed by atoms with Crippen LogP contribution < -0.4 is 5.32 Å². The summed E-state index contributed by atoms with van der Waals surface area (Å²) in [5, 5.41) is 3.34. The van der Waals surface area contributed by atoms with Gasteiger partial charge in [0.05, 0.1) is 5.60 Å². The number of aryl methyl sites for hydroxylation is 1. The summed E-state index contributed by atoms with van der Waals surface area (Å²) < 4.78 is 19.0. The van der Waals surface area contributed by atoms with E-state index in [1.54, 1.807) is 13.2 Å². The summed E-state index contributed by atoms with van der Waals surface area (Å²) >= 11 is 0. The van der Waals surface area contributed by atoms with Crippen molar-refractivity contribution in [2.45, 2.75) is 44.2 Å². The Morgan fingerprint density at radius 1 is 1.44 bits per heavy atom. The van der Waals surface area contributed by atoms with E-state index in [9.17, 15) is 4.39 Å². The number of methoxy groups -OCH3 is 1. The third kappa shape index (κ3) is 2.43. The molecule has 100 valence electrons. The first-order chi connectivity index (χ1) is 8.61. The Hall–Kier alpha value is -0.930. The normalized spacial score (nSPS) is 19.3. The zero-order valence-electron chi connectivity index (χ0n) is 11.4. The third-order valence-electron chi connectivity index (χ3n) is 4.33. The van der Waals surface area contributed by atoms with Crippen LogP contribution in [0.1, 0.15) is 30.4 Å². The molecular weight excluding hydrogens is 229 g/mol. The third-order valence-corrected chi connectivity index (χ3v) is 4.33. The highest BCUT2D eigenvalue weighted by Crippen LogP contribution is 2.39. The molecule has 18 heavy (non-hydrogen) atoms. The van der Waals surface area contributed by atoms with Crippen LogP contribution in [0.3, 0.4) is 0 Å². The van der Waals surface area contributed by atoms with E-state index in [2.05, 4.69) is 5.32 Å². The Morgan fingerprint density at radius 3 is 2.67 bits per heavy atom. The lowest BCUT2D eigenvalue weighted by Gasteiger charge is -2.46. The number of rotatable bonds is 5. The van der Waals surface area contributed by atoms with Gasteiger partial charge in [0.1, 0.15) is 5.82 Å². The van der Waals surface area contributed by atoms with Crippen LogP contribution in [0.2, 0.25) is 0 Å². The Kier molecular flexibility index (Phi) is 4.03. The van der Waals surface area contributed by atoms with Crippen molar-refractivity contribution >= 4 is 0 Å². The standard InChI is InChI=1S/C15H22FNO/c1-11-5-6-13(16)9-12(11)10-14(17-2)15(18-3)7-4-8-15/h5-6,9,14,17H,4,7-8,10H2,1-3H3. The van der Waals surface area contributed by atoms with Gasteiger partial charge in [-0.2, -0.15) is 0 Å². The molecule has 1 unspecified atom stereocenters. The Labute approximate surface area is 109 Å². The molecule has 0 saturated heterocycles. The topological polar surface area (TPSA) is 21.3 Å². The van der Waals surface area contributed by atoms with Gasteiger partial charge in [-0.1, -0.05) is 6.07 Å². The second kappa shape index (κ2) is 5.37. The van der Waals surface area contributed by atoms with Gasteiger partial charge in [0.2, 0.25) is 0 Å². The fraction of sp³-hybridized carbons (Fsp3) is 0.600. The summed E-state index contributed by atoms with van der Waals surface area (Å²) in [6, 6.07) is 5.25. The quantitative estimate of drug-likeness (QED) is 0.869. The monoisotopic (exact) mass is 251 g/mol. The Morgan fingerprint density at radius 2 is 2.17 bits per heavy atom. The van der Waals surface area contributed by atoms with E-state index >= 15 is 0 Å². The second-order valence-electron chi connectivity index (χ2n) is 5.24. The number of likely N-dealkylation sites (N-methyl/N-ethyl adjacent to an activating group) is 1. The van der Waals surface area contributed by atoms with E-state index in [0.29, 0.717) is 0 Å². The van der Waals surface area contributed by atoms with Crippen molar-refractivity contribution in [3.05, 3.63) is 35.1 Å². The number of nitrogens with one attached hydrogen (secondary N) is 1. The van der Waals surface area contributed by atoms with Crippen LogP contribution in [0.15, 0.2) is 18.2 Å². The first kappa shape index (κ1) is 13.5. The van der Waals surface area contributed by atoms with E-state index in [1.807, 2.05) is 20.0 Å². The van der Waals surface area contributed by atoms with Gasteiger partial charge < -0.3 is 10.1 Å². The van der Waals surface area contributed by atoms with Crippen LogP contribution >= 0.6 is 0 Å². The van der Waals surface area contributed by atoms with Crippen LogP contribution in [0.5, 0.6) is 0 Å². The van der Waals surface area contributed by atoms with E-state index in [1.165, 1.54) is 12.5 Å². The minimum absolute atomic E-state index is 0.0620. The number of hydrogen-bond donors (Lipinski definition) is 1. The molecule has 1 saturated carbocycles. The van der Waals surface area contributed by atoms with Crippen LogP contribution in [0.4, 0.5) is 4.39 Å². The lowest BCUT2D eigenvalue weighted by Crippen LogP contribution is -2.56. The molecule has 0 heterocycles. The molecule has 1 aromatic rings. The van der Waals surface area contributed by atoms with Crippen molar-refractivity contribution in [3.63, 3.8) is 0 Å². The molecule has 0 radical (unpaired) electrons. The largest absolute Gasteiger partial charge is 0.377 e. The van der Waals surface area contributed by atoms with Crippen molar-refractivity contribution in [3.8, 4) is 0 Å². The molecule has 1 aliphatic carbocycles. The molecule has 2 rings (SSSR count). The van der Waals surface area contributed by atoms with Gasteiger partial charge in [0.25, 0.3) is 0 Å². The van der Waals surface area contributed by atoms with Gasteiger partial charge in [0.15, 0.2) is 0 Å². The minimum Gasteiger partial charge on any atom is -0.377 e. The number of hydrogen-bond acceptors (Lipinski definition) is 2. The molecule has 1 atom stereocenters. The Bertz CT molecular complexity index is 409. The Balaban J connectivity index is 2.17. The molecule has 1 N–H and O–H groups in total. The van der Waals surface area contributed by atoms with Crippen LogP contribution in [-0.4, -0.2) is 25.8 Å². The van der Waals surface area contributed by atoms with Gasteiger partial charge in [0, 0.05) is 13.2 Å². The smallest absolute Gasteiger partial charge is 0.123 e. The SMILES string of the molecule is CNC(Cc1cc(F)ccc1C)C1(OC)CCC1. The van der Waals surface area contributed by atoms with E-state index in [-0.39, 0.29) is 17.5 Å². The molecule has 1 aliphatic rings. The number of ether oxygens (including phenoxy) is 1. The molecular formula is C15H22FNO. The molecule has 3 heteroatoms. The fourth-order valence-electron chi connectivity index (χ4n) is 2.85. The maximum absolute atomic E-state index is 13.3. The van der Waals surface area contributed by atoms with E-state index < -0.39 is 0 Å². The molecule has 2 nitrogen and oxygen atoms in total.